The fourth-order valence-electron chi connectivity index (χ4n) is 4.81. The van der Waals surface area contributed by atoms with Crippen molar-refractivity contribution >= 4 is 21.4 Å². The monoisotopic (exact) mass is 427 g/mol. The summed E-state index contributed by atoms with van der Waals surface area (Å²) in [5.41, 5.74) is 2.89. The predicted octanol–water partition coefficient (Wildman–Crippen LogP) is 4.68. The topological polar surface area (TPSA) is 52.7 Å². The molecule has 2 aromatic rings. The molecule has 0 aliphatic carbocycles. The number of benzene rings is 2. The second kappa shape index (κ2) is 8.98. The smallest absolute Gasteiger partial charge is 0.261 e. The third-order valence-electron chi connectivity index (χ3n) is 6.46. The zero-order chi connectivity index (χ0) is 21.1. The Morgan fingerprint density at radius 1 is 1.07 bits per heavy atom. The quantitative estimate of drug-likeness (QED) is 0.697. The van der Waals surface area contributed by atoms with Crippen molar-refractivity contribution < 1.29 is 8.42 Å². The number of anilines is 2. The van der Waals surface area contributed by atoms with Gasteiger partial charge in [-0.05, 0) is 87.5 Å². The number of hydrogen-bond acceptors (Lipinski definition) is 4. The van der Waals surface area contributed by atoms with Gasteiger partial charge in [-0.15, -0.1) is 0 Å². The molecule has 0 spiro atoms. The van der Waals surface area contributed by atoms with Crippen LogP contribution in [-0.4, -0.2) is 45.5 Å². The van der Waals surface area contributed by atoms with Crippen LogP contribution in [0.25, 0.3) is 0 Å². The maximum absolute atomic E-state index is 13.0. The Labute approximate surface area is 181 Å². The average molecular weight is 428 g/mol. The van der Waals surface area contributed by atoms with Crippen LogP contribution in [0.1, 0.15) is 51.0 Å². The summed E-state index contributed by atoms with van der Waals surface area (Å²) in [6, 6.07) is 15.7. The summed E-state index contributed by atoms with van der Waals surface area (Å²) >= 11 is 0. The predicted molar refractivity (Wildman–Crippen MR) is 124 cm³/mol. The Bertz CT molecular complexity index is 959. The summed E-state index contributed by atoms with van der Waals surface area (Å²) in [7, 11) is -3.62. The number of rotatable bonds is 7. The molecule has 2 heterocycles. The van der Waals surface area contributed by atoms with E-state index < -0.39 is 10.0 Å². The Hall–Kier alpha value is -2.05. The van der Waals surface area contributed by atoms with Crippen LogP contribution in [0.15, 0.2) is 53.4 Å². The lowest BCUT2D eigenvalue weighted by Gasteiger charge is -2.24. The van der Waals surface area contributed by atoms with Crippen molar-refractivity contribution in [3.63, 3.8) is 0 Å². The van der Waals surface area contributed by atoms with E-state index >= 15 is 0 Å². The Morgan fingerprint density at radius 2 is 1.87 bits per heavy atom. The number of sulfonamides is 1. The van der Waals surface area contributed by atoms with E-state index in [-0.39, 0.29) is 0 Å². The van der Waals surface area contributed by atoms with E-state index in [9.17, 15) is 8.42 Å². The van der Waals surface area contributed by atoms with Crippen LogP contribution < -0.4 is 9.62 Å². The van der Waals surface area contributed by atoms with E-state index in [1.165, 1.54) is 18.4 Å². The maximum atomic E-state index is 13.0. The third kappa shape index (κ3) is 4.65. The largest absolute Gasteiger partial charge is 0.369 e. The van der Waals surface area contributed by atoms with Gasteiger partial charge in [-0.25, -0.2) is 8.42 Å². The van der Waals surface area contributed by atoms with Crippen molar-refractivity contribution in [1.29, 1.82) is 0 Å². The zero-order valence-electron chi connectivity index (χ0n) is 18.0. The molecule has 0 unspecified atom stereocenters. The molecular weight excluding hydrogens is 394 g/mol. The summed E-state index contributed by atoms with van der Waals surface area (Å²) in [6.45, 7) is 8.80. The van der Waals surface area contributed by atoms with Crippen molar-refractivity contribution in [3.8, 4) is 0 Å². The molecule has 0 radical (unpaired) electrons. The maximum Gasteiger partial charge on any atom is 0.261 e. The lowest BCUT2D eigenvalue weighted by atomic mass is 9.98. The van der Waals surface area contributed by atoms with Gasteiger partial charge >= 0.3 is 0 Å². The van der Waals surface area contributed by atoms with Crippen molar-refractivity contribution in [2.75, 3.05) is 35.8 Å². The van der Waals surface area contributed by atoms with Gasteiger partial charge in [-0.1, -0.05) is 25.1 Å². The molecule has 2 aliphatic rings. The van der Waals surface area contributed by atoms with Crippen LogP contribution >= 0.6 is 0 Å². The van der Waals surface area contributed by atoms with E-state index in [1.807, 2.05) is 24.3 Å². The molecule has 6 heteroatoms. The van der Waals surface area contributed by atoms with E-state index in [2.05, 4.69) is 40.5 Å². The van der Waals surface area contributed by atoms with Crippen LogP contribution in [0, 0.1) is 0 Å². The molecule has 0 saturated carbocycles. The molecule has 2 atom stereocenters. The van der Waals surface area contributed by atoms with Crippen molar-refractivity contribution in [1.82, 2.24) is 4.90 Å². The molecule has 162 valence electrons. The molecular formula is C24H33N3O2S. The first-order chi connectivity index (χ1) is 14.5. The van der Waals surface area contributed by atoms with Gasteiger partial charge in [-0.3, -0.25) is 4.72 Å². The summed E-state index contributed by atoms with van der Waals surface area (Å²) in [5.74, 6) is 0.543. The first kappa shape index (κ1) is 21.2. The van der Waals surface area contributed by atoms with Gasteiger partial charge in [0.25, 0.3) is 10.0 Å². The normalized spacial score (nSPS) is 22.5. The van der Waals surface area contributed by atoms with Crippen LogP contribution in [-0.2, 0) is 10.0 Å². The van der Waals surface area contributed by atoms with E-state index in [0.717, 1.165) is 44.7 Å². The Kier molecular flexibility index (Phi) is 6.34. The zero-order valence-corrected chi connectivity index (χ0v) is 18.9. The first-order valence-electron chi connectivity index (χ1n) is 11.2. The van der Waals surface area contributed by atoms with Crippen LogP contribution in [0.5, 0.6) is 0 Å². The lowest BCUT2D eigenvalue weighted by molar-refractivity contribution is 0.335. The molecule has 0 bridgehead atoms. The molecule has 0 amide bonds. The van der Waals surface area contributed by atoms with Crippen molar-refractivity contribution in [3.05, 3.63) is 54.1 Å². The highest BCUT2D eigenvalue weighted by Crippen LogP contribution is 2.30. The van der Waals surface area contributed by atoms with Gasteiger partial charge in [-0.2, -0.15) is 0 Å². The third-order valence-corrected chi connectivity index (χ3v) is 7.84. The van der Waals surface area contributed by atoms with E-state index in [0.29, 0.717) is 22.5 Å². The van der Waals surface area contributed by atoms with Crippen molar-refractivity contribution in [2.24, 2.45) is 0 Å². The second-order valence-corrected chi connectivity index (χ2v) is 10.4. The highest BCUT2D eigenvalue weighted by molar-refractivity contribution is 7.92. The highest BCUT2D eigenvalue weighted by Gasteiger charge is 2.24. The SMILES string of the molecule is CCCN1CC[C@@H](c2ccc(NS(=O)(=O)c3cccc(N4CCC[C@@H]4C)c3)cc2)C1. The summed E-state index contributed by atoms with van der Waals surface area (Å²) in [4.78, 5) is 5.11. The van der Waals surface area contributed by atoms with Crippen molar-refractivity contribution in [2.45, 2.75) is 56.4 Å². The minimum atomic E-state index is -3.62. The number of nitrogens with one attached hydrogen (secondary N) is 1. The molecule has 2 fully saturated rings. The minimum absolute atomic E-state index is 0.314. The Morgan fingerprint density at radius 3 is 2.57 bits per heavy atom. The molecule has 0 aromatic heterocycles. The standard InChI is InChI=1S/C24H33N3O2S/c1-3-14-26-16-13-21(18-26)20-9-11-22(12-10-20)25-30(28,29)24-8-4-7-23(17-24)27-15-5-6-19(27)2/h4,7-12,17,19,21,25H,3,5-6,13-16,18H2,1-2H3/t19-,21+/m0/s1. The van der Waals surface area contributed by atoms with Gasteiger partial charge < -0.3 is 9.80 Å². The summed E-state index contributed by atoms with van der Waals surface area (Å²) < 4.78 is 28.7. The number of hydrogen-bond donors (Lipinski definition) is 1. The van der Waals surface area contributed by atoms with Crippen LogP contribution in [0.4, 0.5) is 11.4 Å². The lowest BCUT2D eigenvalue weighted by Crippen LogP contribution is -2.26. The van der Waals surface area contributed by atoms with Gasteiger partial charge in [0, 0.05) is 30.5 Å². The van der Waals surface area contributed by atoms with Gasteiger partial charge in [0.05, 0.1) is 4.90 Å². The summed E-state index contributed by atoms with van der Waals surface area (Å²) in [6.07, 6.45) is 4.66. The number of likely N-dealkylation sites (tertiary alicyclic amines) is 1. The Balaban J connectivity index is 1.45. The molecule has 2 aromatic carbocycles. The molecule has 2 saturated heterocycles. The molecule has 4 rings (SSSR count). The molecule has 5 nitrogen and oxygen atoms in total. The van der Waals surface area contributed by atoms with E-state index in [4.69, 9.17) is 0 Å². The van der Waals surface area contributed by atoms with E-state index in [1.54, 1.807) is 12.1 Å². The minimum Gasteiger partial charge on any atom is -0.369 e. The fraction of sp³-hybridized carbons (Fsp3) is 0.500. The summed E-state index contributed by atoms with van der Waals surface area (Å²) in [5, 5.41) is 0. The highest BCUT2D eigenvalue weighted by atomic mass is 32.2. The number of nitrogens with zero attached hydrogens (tertiary/aromatic N) is 2. The van der Waals surface area contributed by atoms with Gasteiger partial charge in [0.2, 0.25) is 0 Å². The first-order valence-corrected chi connectivity index (χ1v) is 12.7. The van der Waals surface area contributed by atoms with Gasteiger partial charge in [0.15, 0.2) is 0 Å². The van der Waals surface area contributed by atoms with Gasteiger partial charge in [0.1, 0.15) is 0 Å². The average Bonchev–Trinajstić information content (AvgIpc) is 3.38. The second-order valence-electron chi connectivity index (χ2n) is 8.70. The molecule has 2 aliphatic heterocycles. The molecule has 30 heavy (non-hydrogen) atoms. The van der Waals surface area contributed by atoms with Crippen LogP contribution in [0.2, 0.25) is 0 Å². The fourth-order valence-corrected chi connectivity index (χ4v) is 5.91. The van der Waals surface area contributed by atoms with Crippen LogP contribution in [0.3, 0.4) is 0 Å². The molecule has 1 N–H and O–H groups in total.